The molecule has 0 amide bonds. The van der Waals surface area contributed by atoms with E-state index in [4.69, 9.17) is 16.3 Å². The zero-order valence-corrected chi connectivity index (χ0v) is 15.5. The second-order valence-electron chi connectivity index (χ2n) is 5.84. The summed E-state index contributed by atoms with van der Waals surface area (Å²) in [7, 11) is 0. The van der Waals surface area contributed by atoms with Crippen LogP contribution < -0.4 is 4.74 Å². The van der Waals surface area contributed by atoms with Gasteiger partial charge in [0.2, 0.25) is 0 Å². The number of halogens is 1. The molecule has 0 atom stereocenters. The van der Waals surface area contributed by atoms with Crippen molar-refractivity contribution in [2.75, 3.05) is 0 Å². The molecule has 0 N–H and O–H groups in total. The Balaban J connectivity index is 1.60. The molecule has 0 saturated heterocycles. The molecular formula is C20H13ClN2O3S. The summed E-state index contributed by atoms with van der Waals surface area (Å²) in [6.07, 6.45) is 0. The molecule has 0 spiro atoms. The zero-order chi connectivity index (χ0) is 18.8. The van der Waals surface area contributed by atoms with E-state index in [-0.39, 0.29) is 5.69 Å². The molecule has 0 radical (unpaired) electrons. The molecular weight excluding hydrogens is 384 g/mol. The summed E-state index contributed by atoms with van der Waals surface area (Å²) < 4.78 is 6.84. The van der Waals surface area contributed by atoms with Crippen LogP contribution in [0.25, 0.3) is 20.8 Å². The molecule has 27 heavy (non-hydrogen) atoms. The molecule has 0 unspecified atom stereocenters. The minimum absolute atomic E-state index is 0.0403. The number of nitro benzene ring substituents is 1. The molecule has 0 fully saturated rings. The van der Waals surface area contributed by atoms with Crippen LogP contribution in [0.15, 0.2) is 66.7 Å². The minimum atomic E-state index is -0.468. The van der Waals surface area contributed by atoms with Gasteiger partial charge in [0, 0.05) is 23.8 Å². The van der Waals surface area contributed by atoms with Gasteiger partial charge >= 0.3 is 0 Å². The first-order valence-corrected chi connectivity index (χ1v) is 9.31. The number of fused-ring (bicyclic) bond motifs is 1. The molecule has 0 bridgehead atoms. The number of nitrogens with zero attached hydrogens (tertiary/aromatic N) is 2. The largest absolute Gasteiger partial charge is 0.489 e. The van der Waals surface area contributed by atoms with Gasteiger partial charge in [0.15, 0.2) is 0 Å². The Morgan fingerprint density at radius 3 is 2.63 bits per heavy atom. The van der Waals surface area contributed by atoms with Crippen molar-refractivity contribution in [2.45, 2.75) is 6.61 Å². The first-order chi connectivity index (χ1) is 13.1. The molecule has 5 nitrogen and oxygen atoms in total. The fraction of sp³-hybridized carbons (Fsp3) is 0.0500. The van der Waals surface area contributed by atoms with E-state index in [0.29, 0.717) is 22.2 Å². The molecule has 0 aliphatic carbocycles. The van der Waals surface area contributed by atoms with E-state index in [2.05, 4.69) is 4.98 Å². The van der Waals surface area contributed by atoms with Crippen molar-refractivity contribution in [3.8, 4) is 16.3 Å². The highest BCUT2D eigenvalue weighted by Gasteiger charge is 2.14. The van der Waals surface area contributed by atoms with Crippen molar-refractivity contribution in [1.29, 1.82) is 0 Å². The topological polar surface area (TPSA) is 65.3 Å². The van der Waals surface area contributed by atoms with Crippen LogP contribution in [0, 0.1) is 10.1 Å². The predicted octanol–water partition coefficient (Wildman–Crippen LogP) is 6.10. The van der Waals surface area contributed by atoms with Gasteiger partial charge in [0.25, 0.3) is 5.69 Å². The highest BCUT2D eigenvalue weighted by molar-refractivity contribution is 7.21. The van der Waals surface area contributed by atoms with E-state index < -0.39 is 4.92 Å². The average Bonchev–Trinajstić information content (AvgIpc) is 3.10. The number of nitro groups is 1. The van der Waals surface area contributed by atoms with E-state index in [0.717, 1.165) is 21.5 Å². The van der Waals surface area contributed by atoms with Crippen LogP contribution in [0.5, 0.6) is 5.75 Å². The van der Waals surface area contributed by atoms with Crippen LogP contribution in [0.2, 0.25) is 5.02 Å². The average molecular weight is 397 g/mol. The van der Waals surface area contributed by atoms with Gasteiger partial charge in [0.1, 0.15) is 17.4 Å². The Morgan fingerprint density at radius 2 is 1.89 bits per heavy atom. The van der Waals surface area contributed by atoms with Crippen LogP contribution >= 0.6 is 22.9 Å². The Labute approximate surface area is 164 Å². The Bertz CT molecular complexity index is 1130. The lowest BCUT2D eigenvalue weighted by Crippen LogP contribution is -1.94. The van der Waals surface area contributed by atoms with Crippen LogP contribution in [0.3, 0.4) is 0 Å². The van der Waals surface area contributed by atoms with Crippen molar-refractivity contribution in [3.63, 3.8) is 0 Å². The maximum Gasteiger partial charge on any atom is 0.270 e. The minimum Gasteiger partial charge on any atom is -0.489 e. The van der Waals surface area contributed by atoms with Crippen molar-refractivity contribution >= 4 is 38.8 Å². The number of non-ortho nitro benzene ring substituents is 1. The summed E-state index contributed by atoms with van der Waals surface area (Å²) in [6, 6.07) is 20.1. The molecule has 4 aromatic rings. The fourth-order valence-corrected chi connectivity index (χ4v) is 3.95. The van der Waals surface area contributed by atoms with Crippen molar-refractivity contribution < 1.29 is 9.66 Å². The van der Waals surface area contributed by atoms with Gasteiger partial charge in [-0.2, -0.15) is 0 Å². The standard InChI is InChI=1S/C20H13ClN2O3S/c21-17-10-14(23(24)25)6-8-16(17)20-22-18-11-15(7-9-19(18)27-20)26-12-13-4-2-1-3-5-13/h1-11H,12H2. The third kappa shape index (κ3) is 3.77. The van der Waals surface area contributed by atoms with Crippen LogP contribution in [0.1, 0.15) is 5.56 Å². The summed E-state index contributed by atoms with van der Waals surface area (Å²) in [6.45, 7) is 0.484. The second-order valence-corrected chi connectivity index (χ2v) is 7.28. The van der Waals surface area contributed by atoms with E-state index in [1.807, 2.05) is 48.5 Å². The monoisotopic (exact) mass is 396 g/mol. The number of ether oxygens (including phenoxy) is 1. The SMILES string of the molecule is O=[N+]([O-])c1ccc(-c2nc3cc(OCc4ccccc4)ccc3s2)c(Cl)c1. The Kier molecular flexibility index (Phi) is 4.75. The number of hydrogen-bond acceptors (Lipinski definition) is 5. The lowest BCUT2D eigenvalue weighted by molar-refractivity contribution is -0.384. The molecule has 0 saturated carbocycles. The van der Waals surface area contributed by atoms with E-state index in [1.54, 1.807) is 6.07 Å². The molecule has 4 rings (SSSR count). The van der Waals surface area contributed by atoms with E-state index >= 15 is 0 Å². The second kappa shape index (κ2) is 7.34. The van der Waals surface area contributed by atoms with Crippen molar-refractivity contribution in [1.82, 2.24) is 4.98 Å². The summed E-state index contributed by atoms with van der Waals surface area (Å²) in [5, 5.41) is 11.9. The summed E-state index contributed by atoms with van der Waals surface area (Å²) in [5.74, 6) is 0.734. The third-order valence-corrected chi connectivity index (χ3v) is 5.38. The van der Waals surface area contributed by atoms with Crippen molar-refractivity contribution in [3.05, 3.63) is 87.4 Å². The molecule has 3 aromatic carbocycles. The van der Waals surface area contributed by atoms with E-state index in [9.17, 15) is 10.1 Å². The number of rotatable bonds is 5. The van der Waals surface area contributed by atoms with Crippen LogP contribution in [-0.4, -0.2) is 9.91 Å². The summed E-state index contributed by atoms with van der Waals surface area (Å²) in [5.41, 5.74) is 2.53. The lowest BCUT2D eigenvalue weighted by atomic mass is 10.2. The van der Waals surface area contributed by atoms with Gasteiger partial charge in [-0.25, -0.2) is 4.98 Å². The lowest BCUT2D eigenvalue weighted by Gasteiger charge is -2.05. The first-order valence-electron chi connectivity index (χ1n) is 8.12. The third-order valence-electron chi connectivity index (χ3n) is 4.00. The highest BCUT2D eigenvalue weighted by atomic mass is 35.5. The first kappa shape index (κ1) is 17.5. The normalized spacial score (nSPS) is 10.9. The maximum atomic E-state index is 10.9. The van der Waals surface area contributed by atoms with Gasteiger partial charge in [-0.1, -0.05) is 41.9 Å². The Morgan fingerprint density at radius 1 is 1.07 bits per heavy atom. The van der Waals surface area contributed by atoms with Crippen molar-refractivity contribution in [2.24, 2.45) is 0 Å². The summed E-state index contributed by atoms with van der Waals surface area (Å²) in [4.78, 5) is 15.0. The molecule has 134 valence electrons. The number of aromatic nitrogens is 1. The Hall–Kier alpha value is -2.96. The molecule has 1 heterocycles. The van der Waals surface area contributed by atoms with E-state index in [1.165, 1.54) is 23.5 Å². The molecule has 1 aromatic heterocycles. The highest BCUT2D eigenvalue weighted by Crippen LogP contribution is 2.37. The molecule has 0 aliphatic heterocycles. The van der Waals surface area contributed by atoms with Gasteiger partial charge in [0.05, 0.1) is 20.2 Å². The van der Waals surface area contributed by atoms with Gasteiger partial charge in [-0.3, -0.25) is 10.1 Å². The smallest absolute Gasteiger partial charge is 0.270 e. The van der Waals surface area contributed by atoms with Crippen LogP contribution in [0.4, 0.5) is 5.69 Å². The van der Waals surface area contributed by atoms with Gasteiger partial charge in [-0.05, 0) is 23.8 Å². The predicted molar refractivity (Wildman–Crippen MR) is 107 cm³/mol. The fourth-order valence-electron chi connectivity index (χ4n) is 2.64. The maximum absolute atomic E-state index is 10.9. The van der Waals surface area contributed by atoms with Crippen LogP contribution in [-0.2, 0) is 6.61 Å². The number of hydrogen-bond donors (Lipinski definition) is 0. The number of benzene rings is 3. The molecule has 7 heteroatoms. The summed E-state index contributed by atoms with van der Waals surface area (Å²) >= 11 is 7.70. The quantitative estimate of drug-likeness (QED) is 0.302. The zero-order valence-electron chi connectivity index (χ0n) is 14.0. The van der Waals surface area contributed by atoms with Gasteiger partial charge < -0.3 is 4.74 Å². The van der Waals surface area contributed by atoms with Gasteiger partial charge in [-0.15, -0.1) is 11.3 Å². The molecule has 0 aliphatic rings. The number of thiazole rings is 1.